The predicted octanol–water partition coefficient (Wildman–Crippen LogP) is -0.0887. The van der Waals surface area contributed by atoms with Gasteiger partial charge in [0, 0.05) is 13.1 Å². The average Bonchev–Trinajstić information content (AvgIpc) is 3.06. The van der Waals surface area contributed by atoms with Gasteiger partial charge in [-0.25, -0.2) is 24.3 Å². The number of hydrazine groups is 1. The molecule has 0 unspecified atom stereocenters. The van der Waals surface area contributed by atoms with Crippen molar-refractivity contribution >= 4 is 37.7 Å². The van der Waals surface area contributed by atoms with Crippen LogP contribution in [-0.4, -0.2) is 42.9 Å². The number of amidine groups is 1. The minimum atomic E-state index is -3.85. The lowest BCUT2D eigenvalue weighted by molar-refractivity contribution is 0.303. The minimum absolute atomic E-state index is 0.0513. The molecule has 1 aromatic carbocycles. The van der Waals surface area contributed by atoms with Gasteiger partial charge in [-0.15, -0.1) is 0 Å². The van der Waals surface area contributed by atoms with E-state index >= 15 is 0 Å². The lowest BCUT2D eigenvalue weighted by Crippen LogP contribution is -2.47. The van der Waals surface area contributed by atoms with Gasteiger partial charge in [-0.05, 0) is 39.3 Å². The van der Waals surface area contributed by atoms with Gasteiger partial charge in [-0.2, -0.15) is 8.42 Å². The Morgan fingerprint density at radius 1 is 1.48 bits per heavy atom. The van der Waals surface area contributed by atoms with E-state index in [1.54, 1.807) is 0 Å². The van der Waals surface area contributed by atoms with Crippen molar-refractivity contribution in [3.63, 3.8) is 0 Å². The average molecular weight is 438 g/mol. The van der Waals surface area contributed by atoms with Crippen LogP contribution in [0, 0.1) is 5.82 Å². The number of nitrogens with zero attached hydrogens (tertiary/aromatic N) is 4. The van der Waals surface area contributed by atoms with Gasteiger partial charge in [0.1, 0.15) is 12.0 Å². The molecule has 1 aromatic heterocycles. The summed E-state index contributed by atoms with van der Waals surface area (Å²) in [6.07, 6.45) is 1.20. The number of benzene rings is 1. The van der Waals surface area contributed by atoms with Crippen LogP contribution in [0.4, 0.5) is 10.1 Å². The van der Waals surface area contributed by atoms with Crippen molar-refractivity contribution in [1.29, 1.82) is 0 Å². The Hall–Kier alpha value is -2.13. The summed E-state index contributed by atoms with van der Waals surface area (Å²) in [5.74, 6) is -0.611. The van der Waals surface area contributed by atoms with Crippen molar-refractivity contribution in [2.45, 2.75) is 0 Å². The molecule has 0 aliphatic carbocycles. The second kappa shape index (κ2) is 8.30. The highest BCUT2D eigenvalue weighted by Gasteiger charge is 2.20. The van der Waals surface area contributed by atoms with E-state index in [1.807, 2.05) is 0 Å². The first-order valence-electron chi connectivity index (χ1n) is 6.58. The van der Waals surface area contributed by atoms with E-state index in [0.29, 0.717) is 5.69 Å². The summed E-state index contributed by atoms with van der Waals surface area (Å²) < 4.78 is 42.0. The minimum Gasteiger partial charge on any atom is -0.409 e. The molecule has 1 heterocycles. The maximum absolute atomic E-state index is 13.5. The Bertz CT molecular complexity index is 846. The summed E-state index contributed by atoms with van der Waals surface area (Å²) in [5, 5.41) is 25.5. The third-order valence-corrected chi connectivity index (χ3v) is 3.97. The molecule has 2 rings (SSSR count). The highest BCUT2D eigenvalue weighted by Crippen LogP contribution is 2.23. The maximum atomic E-state index is 13.5. The molecule has 0 atom stereocenters. The molecule has 14 heteroatoms. The number of hydrogen-bond acceptors (Lipinski definition) is 8. The van der Waals surface area contributed by atoms with Gasteiger partial charge in [-0.3, -0.25) is 5.01 Å². The Morgan fingerprint density at radius 2 is 2.24 bits per heavy atom. The molecular weight excluding hydrogens is 425 g/mol. The summed E-state index contributed by atoms with van der Waals surface area (Å²) in [5.41, 5.74) is 3.24. The van der Waals surface area contributed by atoms with Gasteiger partial charge < -0.3 is 5.21 Å². The second-order valence-corrected chi connectivity index (χ2v) is 6.73. The fraction of sp³-hybridized carbons (Fsp3) is 0.182. The zero-order valence-corrected chi connectivity index (χ0v) is 14.8. The van der Waals surface area contributed by atoms with Gasteiger partial charge in [0.25, 0.3) is 10.2 Å². The normalized spacial score (nSPS) is 12.4. The fourth-order valence-corrected chi connectivity index (χ4v) is 2.50. The van der Waals surface area contributed by atoms with Crippen molar-refractivity contribution in [2.75, 3.05) is 18.1 Å². The van der Waals surface area contributed by atoms with Crippen LogP contribution in [0.15, 0.2) is 38.7 Å². The molecule has 0 aliphatic rings. The van der Waals surface area contributed by atoms with Crippen molar-refractivity contribution in [3.8, 4) is 0 Å². The zero-order chi connectivity index (χ0) is 18.4. The van der Waals surface area contributed by atoms with Gasteiger partial charge in [-0.1, -0.05) is 10.3 Å². The van der Waals surface area contributed by atoms with Crippen LogP contribution in [0.2, 0.25) is 0 Å². The number of halogens is 2. The van der Waals surface area contributed by atoms with Crippen molar-refractivity contribution in [1.82, 2.24) is 20.5 Å². The molecule has 0 aliphatic heterocycles. The van der Waals surface area contributed by atoms with Crippen LogP contribution in [0.1, 0.15) is 5.69 Å². The van der Waals surface area contributed by atoms with Crippen LogP contribution >= 0.6 is 15.9 Å². The lowest BCUT2D eigenvalue weighted by atomic mass is 10.3. The fourth-order valence-electron chi connectivity index (χ4n) is 1.75. The molecule has 5 N–H and O–H groups in total. The monoisotopic (exact) mass is 437 g/mol. The van der Waals surface area contributed by atoms with Gasteiger partial charge in [0.2, 0.25) is 5.84 Å². The topological polar surface area (TPSA) is 159 Å². The highest BCUT2D eigenvalue weighted by molar-refractivity contribution is 9.10. The maximum Gasteiger partial charge on any atom is 0.274 e. The van der Waals surface area contributed by atoms with E-state index in [4.69, 9.17) is 5.14 Å². The highest BCUT2D eigenvalue weighted by atomic mass is 79.9. The number of rotatable bonds is 7. The lowest BCUT2D eigenvalue weighted by Gasteiger charge is -2.25. The number of aromatic nitrogens is 2. The molecule has 11 nitrogen and oxygen atoms in total. The number of nitrogens with two attached hydrogens (primary N) is 1. The van der Waals surface area contributed by atoms with Crippen LogP contribution in [0.5, 0.6) is 0 Å². The van der Waals surface area contributed by atoms with Gasteiger partial charge in [0.05, 0.1) is 10.2 Å². The number of hydrogen-bond donors (Lipinski definition) is 4. The molecule has 0 saturated heterocycles. The SMILES string of the molecule is NS(=O)(=O)NCCNN(C(=NO)c1cnon1)c1ccc(F)c(Br)c1. The largest absolute Gasteiger partial charge is 0.409 e. The molecule has 0 spiro atoms. The van der Waals surface area contributed by atoms with E-state index in [1.165, 1.54) is 29.4 Å². The smallest absolute Gasteiger partial charge is 0.274 e. The molecule has 0 amide bonds. The molecule has 0 radical (unpaired) electrons. The Balaban J connectivity index is 2.26. The molecule has 25 heavy (non-hydrogen) atoms. The van der Waals surface area contributed by atoms with E-state index in [9.17, 15) is 18.0 Å². The molecule has 0 fully saturated rings. The van der Waals surface area contributed by atoms with E-state index in [2.05, 4.69) is 46.2 Å². The first kappa shape index (κ1) is 19.2. The zero-order valence-electron chi connectivity index (χ0n) is 12.4. The third-order valence-electron chi connectivity index (χ3n) is 2.76. The van der Waals surface area contributed by atoms with Crippen LogP contribution in [0.3, 0.4) is 0 Å². The summed E-state index contributed by atoms with van der Waals surface area (Å²) in [6, 6.07) is 4.00. The summed E-state index contributed by atoms with van der Waals surface area (Å²) >= 11 is 3.06. The summed E-state index contributed by atoms with van der Waals surface area (Å²) in [4.78, 5) is 0. The first-order valence-corrected chi connectivity index (χ1v) is 8.92. The summed E-state index contributed by atoms with van der Waals surface area (Å²) in [6.45, 7) is -0.0107. The van der Waals surface area contributed by atoms with Gasteiger partial charge >= 0.3 is 0 Å². The van der Waals surface area contributed by atoms with E-state index < -0.39 is 16.0 Å². The van der Waals surface area contributed by atoms with Crippen LogP contribution in [-0.2, 0) is 10.2 Å². The quantitative estimate of drug-likeness (QED) is 0.154. The molecule has 0 bridgehead atoms. The van der Waals surface area contributed by atoms with Crippen molar-refractivity contribution in [3.05, 3.63) is 40.4 Å². The molecule has 136 valence electrons. The van der Waals surface area contributed by atoms with E-state index in [-0.39, 0.29) is 29.1 Å². The number of oxime groups is 1. The second-order valence-electron chi connectivity index (χ2n) is 4.50. The van der Waals surface area contributed by atoms with E-state index in [0.717, 1.165) is 0 Å². The number of nitrogens with one attached hydrogen (secondary N) is 2. The molecule has 0 saturated carbocycles. The Labute approximate surface area is 149 Å². The Kier molecular flexibility index (Phi) is 6.38. The third kappa shape index (κ3) is 5.43. The first-order chi connectivity index (χ1) is 11.8. The predicted molar refractivity (Wildman–Crippen MR) is 88.3 cm³/mol. The van der Waals surface area contributed by atoms with Crippen LogP contribution < -0.4 is 20.3 Å². The Morgan fingerprint density at radius 3 is 2.80 bits per heavy atom. The van der Waals surface area contributed by atoms with Crippen LogP contribution in [0.25, 0.3) is 0 Å². The van der Waals surface area contributed by atoms with Crippen molar-refractivity contribution < 1.29 is 22.6 Å². The molecule has 2 aromatic rings. The summed E-state index contributed by atoms with van der Waals surface area (Å²) in [7, 11) is -3.85. The number of anilines is 1. The standard InChI is InChI=1S/C11H13BrFN7O4S/c12-8-5-7(1-2-9(8)13)20(15-3-4-17-25(14,22)23)11(18-21)10-6-16-24-19-10/h1-2,5-6,15,17,21H,3-4H2,(H2,14,22,23). The van der Waals surface area contributed by atoms with Gasteiger partial charge in [0.15, 0.2) is 5.69 Å². The van der Waals surface area contributed by atoms with Crippen molar-refractivity contribution in [2.24, 2.45) is 10.3 Å². The molecular formula is C11H13BrFN7O4S.